The minimum atomic E-state index is 0.202. The predicted octanol–water partition coefficient (Wildman–Crippen LogP) is 3.86. The zero-order chi connectivity index (χ0) is 18.4. The zero-order valence-corrected chi connectivity index (χ0v) is 15.6. The first-order chi connectivity index (χ1) is 12.7. The van der Waals surface area contributed by atoms with Crippen molar-refractivity contribution in [2.75, 3.05) is 26.8 Å². The number of likely N-dealkylation sites (tertiary alicyclic amines) is 1. The molecule has 0 aromatic heterocycles. The lowest BCUT2D eigenvalue weighted by Crippen LogP contribution is -2.40. The molecule has 1 saturated heterocycles. The van der Waals surface area contributed by atoms with Gasteiger partial charge in [0.15, 0.2) is 0 Å². The first-order valence-electron chi connectivity index (χ1n) is 9.25. The molecule has 1 heterocycles. The molecule has 26 heavy (non-hydrogen) atoms. The Kier molecular flexibility index (Phi) is 6.16. The molecular formula is C22H27NO3. The number of piperidine rings is 1. The summed E-state index contributed by atoms with van der Waals surface area (Å²) in [5, 5.41) is 0. The number of nitrogens with zero attached hydrogens (tertiary/aromatic N) is 1. The molecule has 0 aliphatic carbocycles. The molecule has 2 aromatic carbocycles. The molecule has 4 heteroatoms. The van der Waals surface area contributed by atoms with Crippen LogP contribution in [0.25, 0.3) is 0 Å². The van der Waals surface area contributed by atoms with Crippen molar-refractivity contribution in [2.24, 2.45) is 5.92 Å². The third-order valence-corrected chi connectivity index (χ3v) is 5.05. The fourth-order valence-corrected chi connectivity index (χ4v) is 3.30. The lowest BCUT2D eigenvalue weighted by atomic mass is 9.97. The Morgan fingerprint density at radius 2 is 1.77 bits per heavy atom. The van der Waals surface area contributed by atoms with Crippen LogP contribution in [0, 0.1) is 12.8 Å². The molecular weight excluding hydrogens is 326 g/mol. The zero-order valence-electron chi connectivity index (χ0n) is 15.6. The van der Waals surface area contributed by atoms with Gasteiger partial charge in [-0.3, -0.25) is 4.79 Å². The quantitative estimate of drug-likeness (QED) is 0.791. The van der Waals surface area contributed by atoms with Crippen molar-refractivity contribution in [1.82, 2.24) is 4.90 Å². The fourth-order valence-electron chi connectivity index (χ4n) is 3.30. The average Bonchev–Trinajstić information content (AvgIpc) is 2.68. The van der Waals surface area contributed by atoms with Crippen molar-refractivity contribution < 1.29 is 14.3 Å². The first-order valence-corrected chi connectivity index (χ1v) is 9.25. The maximum atomic E-state index is 12.5. The summed E-state index contributed by atoms with van der Waals surface area (Å²) in [7, 11) is 1.65. The Hall–Kier alpha value is -2.49. The van der Waals surface area contributed by atoms with Crippen molar-refractivity contribution >= 4 is 5.91 Å². The summed E-state index contributed by atoms with van der Waals surface area (Å²) in [5.41, 5.74) is 2.19. The normalized spacial score (nSPS) is 14.9. The summed E-state index contributed by atoms with van der Waals surface area (Å²) in [6, 6.07) is 15.8. The number of para-hydroxylation sites is 1. The molecule has 0 atom stereocenters. The largest absolute Gasteiger partial charge is 0.497 e. The van der Waals surface area contributed by atoms with Crippen LogP contribution < -0.4 is 9.47 Å². The summed E-state index contributed by atoms with van der Waals surface area (Å²) < 4.78 is 11.1. The highest BCUT2D eigenvalue weighted by Gasteiger charge is 2.23. The number of benzene rings is 2. The minimum Gasteiger partial charge on any atom is -0.497 e. The van der Waals surface area contributed by atoms with E-state index < -0.39 is 0 Å². The van der Waals surface area contributed by atoms with Gasteiger partial charge < -0.3 is 14.4 Å². The maximum absolute atomic E-state index is 12.5. The van der Waals surface area contributed by atoms with E-state index >= 15 is 0 Å². The van der Waals surface area contributed by atoms with Crippen LogP contribution in [0.15, 0.2) is 48.5 Å². The molecule has 0 N–H and O–H groups in total. The van der Waals surface area contributed by atoms with Crippen molar-refractivity contribution in [1.29, 1.82) is 0 Å². The molecule has 1 fully saturated rings. The highest BCUT2D eigenvalue weighted by Crippen LogP contribution is 2.22. The molecule has 0 saturated carbocycles. The van der Waals surface area contributed by atoms with E-state index in [1.807, 2.05) is 47.4 Å². The van der Waals surface area contributed by atoms with E-state index in [1.54, 1.807) is 7.11 Å². The van der Waals surface area contributed by atoms with Gasteiger partial charge in [-0.15, -0.1) is 0 Å². The van der Waals surface area contributed by atoms with E-state index in [-0.39, 0.29) is 5.91 Å². The second-order valence-electron chi connectivity index (χ2n) is 6.93. The SMILES string of the molecule is COc1ccc(CC(=O)N2CCC(COc3ccccc3C)CC2)cc1. The molecule has 0 radical (unpaired) electrons. The van der Waals surface area contributed by atoms with E-state index in [1.165, 1.54) is 5.56 Å². The van der Waals surface area contributed by atoms with Crippen molar-refractivity contribution in [3.8, 4) is 11.5 Å². The molecule has 0 bridgehead atoms. The predicted molar refractivity (Wildman–Crippen MR) is 103 cm³/mol. The molecule has 2 aromatic rings. The van der Waals surface area contributed by atoms with Crippen molar-refractivity contribution in [3.05, 3.63) is 59.7 Å². The van der Waals surface area contributed by atoms with Gasteiger partial charge in [-0.2, -0.15) is 0 Å². The lowest BCUT2D eigenvalue weighted by Gasteiger charge is -2.32. The number of methoxy groups -OCH3 is 1. The lowest BCUT2D eigenvalue weighted by molar-refractivity contribution is -0.132. The van der Waals surface area contributed by atoms with Crippen LogP contribution in [0.4, 0.5) is 0 Å². The standard InChI is InChI=1S/C22H27NO3/c1-17-5-3-4-6-21(17)26-16-19-11-13-23(14-12-19)22(24)15-18-7-9-20(25-2)10-8-18/h3-10,19H,11-16H2,1-2H3. The molecule has 0 unspecified atom stereocenters. The summed E-state index contributed by atoms with van der Waals surface area (Å²) in [4.78, 5) is 14.5. The van der Waals surface area contributed by atoms with E-state index in [4.69, 9.17) is 9.47 Å². The van der Waals surface area contributed by atoms with Crippen LogP contribution in [-0.4, -0.2) is 37.6 Å². The summed E-state index contributed by atoms with van der Waals surface area (Å²) in [5.74, 6) is 2.49. The second-order valence-corrected chi connectivity index (χ2v) is 6.93. The third-order valence-electron chi connectivity index (χ3n) is 5.05. The number of hydrogen-bond donors (Lipinski definition) is 0. The van der Waals surface area contributed by atoms with Crippen LogP contribution in [0.5, 0.6) is 11.5 Å². The number of amides is 1. The van der Waals surface area contributed by atoms with Gasteiger partial charge in [0.1, 0.15) is 11.5 Å². The van der Waals surface area contributed by atoms with E-state index in [0.29, 0.717) is 12.3 Å². The van der Waals surface area contributed by atoms with Gasteiger partial charge in [-0.1, -0.05) is 30.3 Å². The Morgan fingerprint density at radius 1 is 1.08 bits per heavy atom. The number of ether oxygens (including phenoxy) is 2. The van der Waals surface area contributed by atoms with E-state index in [9.17, 15) is 4.79 Å². The topological polar surface area (TPSA) is 38.8 Å². The van der Waals surface area contributed by atoms with Crippen molar-refractivity contribution in [2.45, 2.75) is 26.2 Å². The Labute approximate surface area is 155 Å². The summed E-state index contributed by atoms with van der Waals surface area (Å²) in [6.45, 7) is 4.43. The molecule has 0 spiro atoms. The van der Waals surface area contributed by atoms with Crippen LogP contribution in [0.3, 0.4) is 0 Å². The van der Waals surface area contributed by atoms with Crippen molar-refractivity contribution in [3.63, 3.8) is 0 Å². The van der Waals surface area contributed by atoms with Gasteiger partial charge in [-0.05, 0) is 55.0 Å². The Morgan fingerprint density at radius 3 is 2.42 bits per heavy atom. The van der Waals surface area contributed by atoms with Gasteiger partial charge >= 0.3 is 0 Å². The fraction of sp³-hybridized carbons (Fsp3) is 0.409. The molecule has 3 rings (SSSR count). The first kappa shape index (κ1) is 18.3. The number of carbonyl (C=O) groups is 1. The van der Waals surface area contributed by atoms with E-state index in [2.05, 4.69) is 13.0 Å². The summed E-state index contributed by atoms with van der Waals surface area (Å²) in [6.07, 6.45) is 2.45. The van der Waals surface area contributed by atoms with Gasteiger partial charge in [0.2, 0.25) is 5.91 Å². The molecule has 138 valence electrons. The smallest absolute Gasteiger partial charge is 0.226 e. The van der Waals surface area contributed by atoms with Crippen LogP contribution >= 0.6 is 0 Å². The summed E-state index contributed by atoms with van der Waals surface area (Å²) >= 11 is 0. The van der Waals surface area contributed by atoms with Gasteiger partial charge in [0, 0.05) is 13.1 Å². The third kappa shape index (κ3) is 4.78. The second kappa shape index (κ2) is 8.75. The van der Waals surface area contributed by atoms with Gasteiger partial charge in [-0.25, -0.2) is 0 Å². The molecule has 4 nitrogen and oxygen atoms in total. The van der Waals surface area contributed by atoms with Gasteiger partial charge in [0.05, 0.1) is 20.1 Å². The Balaban J connectivity index is 1.44. The van der Waals surface area contributed by atoms with Gasteiger partial charge in [0.25, 0.3) is 0 Å². The number of carbonyl (C=O) groups excluding carboxylic acids is 1. The number of aryl methyl sites for hydroxylation is 1. The number of hydrogen-bond acceptors (Lipinski definition) is 3. The maximum Gasteiger partial charge on any atom is 0.226 e. The Bertz CT molecular complexity index is 718. The molecule has 1 amide bonds. The average molecular weight is 353 g/mol. The number of rotatable bonds is 6. The monoisotopic (exact) mass is 353 g/mol. The highest BCUT2D eigenvalue weighted by atomic mass is 16.5. The van der Waals surface area contributed by atoms with Crippen LogP contribution in [-0.2, 0) is 11.2 Å². The van der Waals surface area contributed by atoms with E-state index in [0.717, 1.165) is 49.6 Å². The molecule has 1 aliphatic heterocycles. The molecule has 1 aliphatic rings. The van der Waals surface area contributed by atoms with Crippen LogP contribution in [0.2, 0.25) is 0 Å². The minimum absolute atomic E-state index is 0.202. The van der Waals surface area contributed by atoms with Crippen LogP contribution in [0.1, 0.15) is 24.0 Å². The highest BCUT2D eigenvalue weighted by molar-refractivity contribution is 5.78.